The second-order valence-corrected chi connectivity index (χ2v) is 6.02. The Morgan fingerprint density at radius 2 is 2.22 bits per heavy atom. The summed E-state index contributed by atoms with van der Waals surface area (Å²) in [4.78, 5) is 22.3. The van der Waals surface area contributed by atoms with Crippen molar-refractivity contribution in [3.63, 3.8) is 0 Å². The largest absolute Gasteiger partial charge is 0.345 e. The molecule has 0 saturated carbocycles. The van der Waals surface area contributed by atoms with Crippen LogP contribution in [-0.4, -0.2) is 37.1 Å². The molecule has 1 N–H and O–H groups in total. The summed E-state index contributed by atoms with van der Waals surface area (Å²) in [5, 5.41) is 4.26. The van der Waals surface area contributed by atoms with Crippen molar-refractivity contribution in [2.24, 2.45) is 7.05 Å². The molecule has 1 amide bonds. The van der Waals surface area contributed by atoms with Gasteiger partial charge in [0.05, 0.1) is 29.1 Å². The Morgan fingerprint density at radius 3 is 3.04 bits per heavy atom. The van der Waals surface area contributed by atoms with Gasteiger partial charge in [0.25, 0.3) is 5.91 Å². The van der Waals surface area contributed by atoms with E-state index in [2.05, 4.69) is 15.1 Å². The first-order chi connectivity index (χ1) is 11.2. The van der Waals surface area contributed by atoms with Crippen LogP contribution in [0.5, 0.6) is 0 Å². The van der Waals surface area contributed by atoms with E-state index in [0.717, 1.165) is 42.5 Å². The van der Waals surface area contributed by atoms with E-state index in [1.165, 1.54) is 0 Å². The Bertz CT molecular complexity index is 849. The fourth-order valence-electron chi connectivity index (χ4n) is 3.43. The van der Waals surface area contributed by atoms with E-state index < -0.39 is 0 Å². The molecule has 0 aliphatic carbocycles. The van der Waals surface area contributed by atoms with Gasteiger partial charge < -0.3 is 9.88 Å². The van der Waals surface area contributed by atoms with E-state index in [0.29, 0.717) is 5.56 Å². The predicted octanol–water partition coefficient (Wildman–Crippen LogP) is 2.66. The lowest BCUT2D eigenvalue weighted by Crippen LogP contribution is -2.39. The van der Waals surface area contributed by atoms with Gasteiger partial charge in [0.15, 0.2) is 0 Å². The van der Waals surface area contributed by atoms with Gasteiger partial charge in [-0.3, -0.25) is 9.48 Å². The van der Waals surface area contributed by atoms with Crippen LogP contribution in [0.1, 0.15) is 41.4 Å². The van der Waals surface area contributed by atoms with Gasteiger partial charge in [0.1, 0.15) is 0 Å². The minimum atomic E-state index is 0.0763. The molecule has 6 nitrogen and oxygen atoms in total. The van der Waals surface area contributed by atoms with Crippen molar-refractivity contribution in [1.82, 2.24) is 24.6 Å². The van der Waals surface area contributed by atoms with Crippen LogP contribution < -0.4 is 0 Å². The maximum atomic E-state index is 13.0. The van der Waals surface area contributed by atoms with Crippen LogP contribution in [0.2, 0.25) is 0 Å². The minimum Gasteiger partial charge on any atom is -0.345 e. The van der Waals surface area contributed by atoms with Crippen LogP contribution >= 0.6 is 0 Å². The number of hydrogen-bond donors (Lipinski definition) is 1. The first-order valence-corrected chi connectivity index (χ1v) is 7.96. The Labute approximate surface area is 134 Å². The number of aryl methyl sites for hydroxylation is 1. The zero-order valence-electron chi connectivity index (χ0n) is 13.1. The second kappa shape index (κ2) is 5.53. The summed E-state index contributed by atoms with van der Waals surface area (Å²) < 4.78 is 1.87. The number of carbonyl (C=O) groups is 1. The molecule has 0 radical (unpaired) electrons. The second-order valence-electron chi connectivity index (χ2n) is 6.02. The molecule has 0 bridgehead atoms. The van der Waals surface area contributed by atoms with Gasteiger partial charge in [0.2, 0.25) is 0 Å². The van der Waals surface area contributed by atoms with Gasteiger partial charge >= 0.3 is 0 Å². The smallest absolute Gasteiger partial charge is 0.254 e. The molecule has 1 atom stereocenters. The van der Waals surface area contributed by atoms with Crippen molar-refractivity contribution in [2.75, 3.05) is 6.54 Å². The molecule has 4 rings (SSSR count). The van der Waals surface area contributed by atoms with Crippen molar-refractivity contribution in [3.05, 3.63) is 48.0 Å². The zero-order valence-corrected chi connectivity index (χ0v) is 13.1. The Morgan fingerprint density at radius 1 is 1.30 bits per heavy atom. The van der Waals surface area contributed by atoms with Crippen LogP contribution in [0, 0.1) is 0 Å². The number of benzene rings is 1. The third-order valence-electron chi connectivity index (χ3n) is 4.63. The van der Waals surface area contributed by atoms with E-state index in [4.69, 9.17) is 0 Å². The number of fused-ring (bicyclic) bond motifs is 1. The average Bonchev–Trinajstić information content (AvgIpc) is 3.22. The highest BCUT2D eigenvalue weighted by Crippen LogP contribution is 2.32. The molecule has 1 aliphatic heterocycles. The lowest BCUT2D eigenvalue weighted by Gasteiger charge is -2.35. The van der Waals surface area contributed by atoms with Crippen molar-refractivity contribution < 1.29 is 4.79 Å². The van der Waals surface area contributed by atoms with Gasteiger partial charge in [-0.1, -0.05) is 0 Å². The van der Waals surface area contributed by atoms with Gasteiger partial charge in [0, 0.05) is 25.4 Å². The number of imidazole rings is 1. The zero-order chi connectivity index (χ0) is 15.8. The fraction of sp³-hybridized carbons (Fsp3) is 0.353. The summed E-state index contributed by atoms with van der Waals surface area (Å²) in [7, 11) is 1.93. The van der Waals surface area contributed by atoms with E-state index in [-0.39, 0.29) is 11.9 Å². The summed E-state index contributed by atoms with van der Waals surface area (Å²) in [6.45, 7) is 0.787. The normalized spacial score (nSPS) is 18.5. The van der Waals surface area contributed by atoms with Crippen molar-refractivity contribution in [3.8, 4) is 0 Å². The molecule has 1 unspecified atom stereocenters. The number of nitrogens with one attached hydrogen (secondary N) is 1. The van der Waals surface area contributed by atoms with Crippen LogP contribution in [0.25, 0.3) is 11.0 Å². The lowest BCUT2D eigenvalue weighted by atomic mass is 9.98. The number of amides is 1. The molecule has 1 saturated heterocycles. The van der Waals surface area contributed by atoms with Crippen molar-refractivity contribution >= 4 is 16.9 Å². The minimum absolute atomic E-state index is 0.0763. The van der Waals surface area contributed by atoms with Gasteiger partial charge in [-0.05, 0) is 43.5 Å². The maximum Gasteiger partial charge on any atom is 0.254 e. The number of likely N-dealkylation sites (tertiary alicyclic amines) is 1. The van der Waals surface area contributed by atoms with E-state index in [1.807, 2.05) is 40.9 Å². The van der Waals surface area contributed by atoms with Crippen LogP contribution in [0.15, 0.2) is 36.8 Å². The van der Waals surface area contributed by atoms with Crippen LogP contribution in [-0.2, 0) is 7.05 Å². The van der Waals surface area contributed by atoms with E-state index in [9.17, 15) is 4.79 Å². The summed E-state index contributed by atoms with van der Waals surface area (Å²) in [5.74, 6) is 0.0763. The number of carbonyl (C=O) groups excluding carboxylic acids is 1. The highest BCUT2D eigenvalue weighted by Gasteiger charge is 2.30. The Balaban J connectivity index is 1.68. The maximum absolute atomic E-state index is 13.0. The Hall–Kier alpha value is -2.63. The number of nitrogens with zero attached hydrogens (tertiary/aromatic N) is 4. The van der Waals surface area contributed by atoms with Gasteiger partial charge in [-0.15, -0.1) is 0 Å². The first-order valence-electron chi connectivity index (χ1n) is 7.96. The summed E-state index contributed by atoms with van der Waals surface area (Å²) in [5.41, 5.74) is 3.57. The number of H-pyrrole nitrogens is 1. The predicted molar refractivity (Wildman–Crippen MR) is 86.9 cm³/mol. The highest BCUT2D eigenvalue weighted by atomic mass is 16.2. The molecule has 1 aliphatic rings. The molecule has 6 heteroatoms. The van der Waals surface area contributed by atoms with Crippen molar-refractivity contribution in [1.29, 1.82) is 0 Å². The molecule has 3 aromatic rings. The monoisotopic (exact) mass is 309 g/mol. The molecule has 1 fully saturated rings. The molecule has 2 aromatic heterocycles. The first kappa shape index (κ1) is 14.0. The molecule has 3 heterocycles. The summed E-state index contributed by atoms with van der Waals surface area (Å²) in [6.07, 6.45) is 6.62. The number of piperidine rings is 1. The quantitative estimate of drug-likeness (QED) is 0.791. The third-order valence-corrected chi connectivity index (χ3v) is 4.63. The number of aromatic amines is 1. The van der Waals surface area contributed by atoms with Gasteiger partial charge in [-0.2, -0.15) is 5.10 Å². The molecular formula is C17H19N5O. The van der Waals surface area contributed by atoms with E-state index in [1.54, 1.807) is 12.5 Å². The molecule has 118 valence electrons. The molecule has 1 aromatic carbocycles. The molecule has 0 spiro atoms. The average molecular weight is 309 g/mol. The van der Waals surface area contributed by atoms with Gasteiger partial charge in [-0.25, -0.2) is 4.98 Å². The third kappa shape index (κ3) is 2.40. The van der Waals surface area contributed by atoms with E-state index >= 15 is 0 Å². The topological polar surface area (TPSA) is 66.8 Å². The van der Waals surface area contributed by atoms with Crippen LogP contribution in [0.4, 0.5) is 0 Å². The molecule has 23 heavy (non-hydrogen) atoms. The molecular weight excluding hydrogens is 290 g/mol. The standard InChI is InChI=1S/C17H19N5O/c1-21-15(7-8-20-21)16-4-2-3-9-22(16)17(23)12-5-6-13-14(10-12)19-11-18-13/h5-8,10-11,16H,2-4,9H2,1H3,(H,18,19). The summed E-state index contributed by atoms with van der Waals surface area (Å²) >= 11 is 0. The SMILES string of the molecule is Cn1nccc1C1CCCCN1C(=O)c1ccc2nc[nH]c2c1. The number of aromatic nitrogens is 4. The van der Waals surface area contributed by atoms with Crippen molar-refractivity contribution in [2.45, 2.75) is 25.3 Å². The highest BCUT2D eigenvalue weighted by molar-refractivity contribution is 5.97. The van der Waals surface area contributed by atoms with Crippen LogP contribution in [0.3, 0.4) is 0 Å². The fourth-order valence-corrected chi connectivity index (χ4v) is 3.43. The summed E-state index contributed by atoms with van der Waals surface area (Å²) in [6, 6.07) is 7.75. The lowest BCUT2D eigenvalue weighted by molar-refractivity contribution is 0.0601. The number of rotatable bonds is 2. The number of hydrogen-bond acceptors (Lipinski definition) is 3. The Kier molecular flexibility index (Phi) is 3.37.